The van der Waals surface area contributed by atoms with Gasteiger partial charge < -0.3 is 4.55 Å². The lowest BCUT2D eigenvalue weighted by Crippen LogP contribution is -2.21. The van der Waals surface area contributed by atoms with Gasteiger partial charge in [0, 0.05) is 29.3 Å². The highest BCUT2D eigenvalue weighted by Gasteiger charge is 2.36. The highest BCUT2D eigenvalue weighted by Crippen LogP contribution is 2.20. The molecular formula is C15H15ClF3NO3S. The lowest BCUT2D eigenvalue weighted by molar-refractivity contribution is -0.501. The van der Waals surface area contributed by atoms with E-state index in [9.17, 15) is 13.2 Å². The third kappa shape index (κ3) is 6.91. The van der Waals surface area contributed by atoms with E-state index in [0.29, 0.717) is 0 Å². The molecule has 0 amide bonds. The lowest BCUT2D eigenvalue weighted by Gasteiger charge is -2.08. The molecule has 0 aromatic heterocycles. The third-order valence-corrected chi connectivity index (χ3v) is 3.92. The number of halogens is 4. The van der Waals surface area contributed by atoms with E-state index in [1.165, 1.54) is 18.6 Å². The molecule has 0 atom stereocenters. The van der Waals surface area contributed by atoms with Crippen molar-refractivity contribution in [2.24, 2.45) is 0 Å². The van der Waals surface area contributed by atoms with Crippen molar-refractivity contribution < 1.29 is 30.7 Å². The number of rotatable bonds is 0. The Kier molecular flexibility index (Phi) is 7.27. The van der Waals surface area contributed by atoms with Gasteiger partial charge in [0.05, 0.1) is 0 Å². The zero-order valence-electron chi connectivity index (χ0n) is 12.7. The van der Waals surface area contributed by atoms with Gasteiger partial charge in [0.1, 0.15) is 13.6 Å². The van der Waals surface area contributed by atoms with Gasteiger partial charge in [0.15, 0.2) is 10.1 Å². The van der Waals surface area contributed by atoms with Gasteiger partial charge in [-0.25, -0.2) is 13.0 Å². The maximum atomic E-state index is 10.7. The van der Waals surface area contributed by atoms with E-state index in [1.54, 1.807) is 0 Å². The Bertz CT molecular complexity index is 760. The molecule has 24 heavy (non-hydrogen) atoms. The molecular weight excluding hydrogens is 367 g/mol. The van der Waals surface area contributed by atoms with E-state index in [4.69, 9.17) is 24.6 Å². The topological polar surface area (TPSA) is 60.2 Å². The molecule has 0 N–H and O–H groups in total. The normalized spacial score (nSPS) is 15.1. The molecule has 4 nitrogen and oxygen atoms in total. The van der Waals surface area contributed by atoms with Crippen LogP contribution in [0.1, 0.15) is 24.8 Å². The van der Waals surface area contributed by atoms with E-state index < -0.39 is 15.6 Å². The van der Waals surface area contributed by atoms with Crippen LogP contribution in [-0.2, 0) is 10.1 Å². The summed E-state index contributed by atoms with van der Waals surface area (Å²) in [4.78, 5) is 0. The molecule has 0 spiro atoms. The van der Waals surface area contributed by atoms with Crippen LogP contribution >= 0.6 is 11.6 Å². The first-order valence-electron chi connectivity index (χ1n) is 6.87. The Morgan fingerprint density at radius 1 is 1.17 bits per heavy atom. The Morgan fingerprint density at radius 3 is 2.17 bits per heavy atom. The number of benzene rings is 1. The molecule has 1 heterocycles. The van der Waals surface area contributed by atoms with Gasteiger partial charge in [0.25, 0.3) is 0 Å². The van der Waals surface area contributed by atoms with Crippen LogP contribution in [0.2, 0.25) is 5.02 Å². The van der Waals surface area contributed by atoms with Crippen LogP contribution in [0.4, 0.5) is 13.2 Å². The second kappa shape index (κ2) is 8.51. The van der Waals surface area contributed by atoms with Gasteiger partial charge in [-0.15, -0.1) is 0 Å². The standard InChI is InChI=1S/C14H15ClN.CHF3O3S/c1-16-11-3-2-4-14(16)10-7-12-5-8-13(15)9-6-12;2-1(3,4)8(5,6)7/h5-6,8-9H,2-4,11H2,1H3;(H,5,6,7)/q+1;/p-1. The summed E-state index contributed by atoms with van der Waals surface area (Å²) in [5, 5.41) is 0.757. The molecule has 0 saturated carbocycles. The summed E-state index contributed by atoms with van der Waals surface area (Å²) in [5.74, 6) is 6.44. The summed E-state index contributed by atoms with van der Waals surface area (Å²) in [6.07, 6.45) is 3.65. The second-order valence-corrected chi connectivity index (χ2v) is 6.79. The molecule has 2 rings (SSSR count). The van der Waals surface area contributed by atoms with Crippen LogP contribution in [0.3, 0.4) is 0 Å². The summed E-state index contributed by atoms with van der Waals surface area (Å²) in [7, 11) is -3.97. The van der Waals surface area contributed by atoms with Crippen molar-refractivity contribution in [1.82, 2.24) is 0 Å². The quantitative estimate of drug-likeness (QED) is 0.300. The Hall–Kier alpha value is -1.56. The van der Waals surface area contributed by atoms with Gasteiger partial charge in [-0.1, -0.05) is 17.5 Å². The van der Waals surface area contributed by atoms with E-state index in [2.05, 4.69) is 23.5 Å². The summed E-state index contributed by atoms with van der Waals surface area (Å²) in [6, 6.07) is 7.67. The van der Waals surface area contributed by atoms with E-state index in [0.717, 1.165) is 23.6 Å². The smallest absolute Gasteiger partial charge is 0.485 e. The number of alkyl halides is 3. The van der Waals surface area contributed by atoms with Crippen LogP contribution in [0.25, 0.3) is 0 Å². The molecule has 1 aromatic rings. The minimum Gasteiger partial charge on any atom is -0.741 e. The number of nitrogens with zero attached hydrogens (tertiary/aromatic N) is 1. The summed E-state index contributed by atoms with van der Waals surface area (Å²) >= 11 is 5.82. The highest BCUT2D eigenvalue weighted by atomic mass is 35.5. The fourth-order valence-corrected chi connectivity index (χ4v) is 1.93. The van der Waals surface area contributed by atoms with Crippen molar-refractivity contribution in [1.29, 1.82) is 0 Å². The predicted molar refractivity (Wildman–Crippen MR) is 84.0 cm³/mol. The molecule has 1 aliphatic heterocycles. The van der Waals surface area contributed by atoms with Crippen molar-refractivity contribution in [3.8, 4) is 11.8 Å². The van der Waals surface area contributed by atoms with Crippen LogP contribution in [-0.4, -0.2) is 42.4 Å². The molecule has 1 aliphatic rings. The van der Waals surface area contributed by atoms with Crippen LogP contribution in [0.15, 0.2) is 24.3 Å². The van der Waals surface area contributed by atoms with E-state index in [-0.39, 0.29) is 0 Å². The van der Waals surface area contributed by atoms with Crippen LogP contribution in [0, 0.1) is 11.8 Å². The average Bonchev–Trinajstić information content (AvgIpc) is 2.47. The zero-order chi connectivity index (χ0) is 18.4. The fourth-order valence-electron chi connectivity index (χ4n) is 1.80. The van der Waals surface area contributed by atoms with Crippen LogP contribution in [0.5, 0.6) is 0 Å². The van der Waals surface area contributed by atoms with Gasteiger partial charge in [-0.05, 0) is 30.7 Å². The minimum absolute atomic E-state index is 0.757. The molecule has 1 aromatic carbocycles. The zero-order valence-corrected chi connectivity index (χ0v) is 14.3. The molecule has 0 bridgehead atoms. The number of hydrogen-bond acceptors (Lipinski definition) is 3. The van der Waals surface area contributed by atoms with Crippen LogP contribution < -0.4 is 0 Å². The molecule has 132 valence electrons. The Labute approximate surface area is 143 Å². The van der Waals surface area contributed by atoms with Gasteiger partial charge >= 0.3 is 5.51 Å². The summed E-state index contributed by atoms with van der Waals surface area (Å²) in [6.45, 7) is 1.13. The van der Waals surface area contributed by atoms with Crippen molar-refractivity contribution in [3.05, 3.63) is 34.9 Å². The Balaban J connectivity index is 0.000000307. The van der Waals surface area contributed by atoms with Crippen molar-refractivity contribution in [3.63, 3.8) is 0 Å². The maximum Gasteiger partial charge on any atom is 0.485 e. The second-order valence-electron chi connectivity index (χ2n) is 4.98. The minimum atomic E-state index is -6.09. The third-order valence-electron chi connectivity index (χ3n) is 3.10. The van der Waals surface area contributed by atoms with Gasteiger partial charge in [-0.2, -0.15) is 13.2 Å². The van der Waals surface area contributed by atoms with E-state index >= 15 is 0 Å². The fraction of sp³-hybridized carbons (Fsp3) is 0.400. The van der Waals surface area contributed by atoms with Gasteiger partial charge in [-0.3, -0.25) is 0 Å². The molecule has 0 radical (unpaired) electrons. The SMILES string of the molecule is C[N+]1=C(C#Cc2ccc(Cl)cc2)CCCC1.O=S(=O)([O-])C(F)(F)F. The molecule has 0 unspecified atom stereocenters. The molecule has 9 heteroatoms. The largest absolute Gasteiger partial charge is 0.741 e. The Morgan fingerprint density at radius 2 is 1.71 bits per heavy atom. The summed E-state index contributed by atoms with van der Waals surface area (Å²) < 4.78 is 61.2. The monoisotopic (exact) mass is 381 g/mol. The van der Waals surface area contributed by atoms with Crippen molar-refractivity contribution in [2.75, 3.05) is 13.6 Å². The molecule has 0 fully saturated rings. The lowest BCUT2D eigenvalue weighted by atomic mass is 10.1. The van der Waals surface area contributed by atoms with Crippen molar-refractivity contribution >= 4 is 27.4 Å². The average molecular weight is 382 g/mol. The summed E-state index contributed by atoms with van der Waals surface area (Å²) in [5.41, 5.74) is -3.37. The molecule has 0 saturated heterocycles. The number of hydrogen-bond donors (Lipinski definition) is 0. The van der Waals surface area contributed by atoms with Crippen molar-refractivity contribution in [2.45, 2.75) is 24.8 Å². The highest BCUT2D eigenvalue weighted by molar-refractivity contribution is 7.86. The first-order valence-corrected chi connectivity index (χ1v) is 8.66. The maximum absolute atomic E-state index is 10.7. The predicted octanol–water partition coefficient (Wildman–Crippen LogP) is 3.01. The van der Waals surface area contributed by atoms with Gasteiger partial charge in [0.2, 0.25) is 5.71 Å². The first-order chi connectivity index (χ1) is 11.0. The first kappa shape index (κ1) is 20.5. The van der Waals surface area contributed by atoms with E-state index in [1.807, 2.05) is 24.3 Å². The molecule has 0 aliphatic carbocycles.